The van der Waals surface area contributed by atoms with E-state index < -0.39 is 11.4 Å². The fourth-order valence-electron chi connectivity index (χ4n) is 4.63. The number of hydrogen-bond acceptors (Lipinski definition) is 8. The second-order valence-corrected chi connectivity index (χ2v) is 11.4. The summed E-state index contributed by atoms with van der Waals surface area (Å²) in [6, 6.07) is 3.36. The average molecular weight is 563 g/mol. The summed E-state index contributed by atoms with van der Waals surface area (Å²) in [5.41, 5.74) is 5.96. The summed E-state index contributed by atoms with van der Waals surface area (Å²) in [7, 11) is 0. The Labute approximate surface area is 231 Å². The lowest BCUT2D eigenvalue weighted by Gasteiger charge is -2.25. The third-order valence-corrected chi connectivity index (χ3v) is 6.90. The van der Waals surface area contributed by atoms with Crippen LogP contribution >= 0.6 is 11.6 Å². The zero-order chi connectivity index (χ0) is 28.5. The number of aromatic nitrogens is 4. The van der Waals surface area contributed by atoms with Crippen LogP contribution in [0.3, 0.4) is 0 Å². The van der Waals surface area contributed by atoms with Gasteiger partial charge in [-0.25, -0.2) is 24.1 Å². The molecule has 212 valence electrons. The van der Waals surface area contributed by atoms with Crippen LogP contribution in [0.1, 0.15) is 78.1 Å². The lowest BCUT2D eigenvalue weighted by molar-refractivity contribution is 0.0228. The second kappa shape index (κ2) is 11.6. The Balaban J connectivity index is 0.000000212. The maximum absolute atomic E-state index is 14.7. The molecule has 2 aliphatic rings. The van der Waals surface area contributed by atoms with E-state index in [2.05, 4.69) is 20.3 Å². The standard InChI is InChI=1S/C17H19ClFN5O.C10H17NO3/c1-8(2)24-12-6-9(13-10(18)7-21-16(20)23-13)5-11(19)14(12)22-15(24)17(3,4)25;12-8-2-1-3-9(6-8)14-10(13)11-7-4-5-7/h5-8,25H,1-4H3,(H2,20,21,23);7-9,12H,1-6H2,(H,11,13). The summed E-state index contributed by atoms with van der Waals surface area (Å²) >= 11 is 6.15. The molecule has 0 radical (unpaired) electrons. The molecular weight excluding hydrogens is 527 g/mol. The minimum absolute atomic E-state index is 0.0352. The Morgan fingerprint density at radius 2 is 1.97 bits per heavy atom. The highest BCUT2D eigenvalue weighted by atomic mass is 35.5. The number of nitrogens with zero attached hydrogens (tertiary/aromatic N) is 4. The van der Waals surface area contributed by atoms with E-state index in [1.807, 2.05) is 13.8 Å². The maximum atomic E-state index is 14.7. The number of aliphatic hydroxyl groups excluding tert-OH is 1. The average Bonchev–Trinajstić information content (AvgIpc) is 3.55. The van der Waals surface area contributed by atoms with Crippen molar-refractivity contribution < 1.29 is 24.1 Å². The Hall–Kier alpha value is -3.02. The van der Waals surface area contributed by atoms with Crippen molar-refractivity contribution in [1.29, 1.82) is 0 Å². The molecule has 1 aromatic carbocycles. The van der Waals surface area contributed by atoms with Crippen LogP contribution < -0.4 is 11.1 Å². The zero-order valence-electron chi connectivity index (χ0n) is 22.6. The van der Waals surface area contributed by atoms with Gasteiger partial charge in [-0.3, -0.25) is 0 Å². The predicted molar refractivity (Wildman–Crippen MR) is 147 cm³/mol. The Morgan fingerprint density at radius 1 is 1.26 bits per heavy atom. The van der Waals surface area contributed by atoms with Gasteiger partial charge in [0.25, 0.3) is 0 Å². The third kappa shape index (κ3) is 7.14. The van der Waals surface area contributed by atoms with Crippen molar-refractivity contribution in [3.05, 3.63) is 35.0 Å². The molecule has 2 aliphatic carbocycles. The number of nitrogens with two attached hydrogens (primary N) is 1. The normalized spacial score (nSPS) is 19.5. The van der Waals surface area contributed by atoms with Gasteiger partial charge in [-0.2, -0.15) is 0 Å². The van der Waals surface area contributed by atoms with E-state index in [0.29, 0.717) is 35.1 Å². The van der Waals surface area contributed by atoms with Gasteiger partial charge >= 0.3 is 6.09 Å². The van der Waals surface area contributed by atoms with Crippen molar-refractivity contribution in [3.8, 4) is 11.3 Å². The fraction of sp³-hybridized carbons (Fsp3) is 0.556. The molecule has 0 aliphatic heterocycles. The van der Waals surface area contributed by atoms with E-state index in [-0.39, 0.29) is 40.8 Å². The number of hydrogen-bond donors (Lipinski definition) is 4. The summed E-state index contributed by atoms with van der Waals surface area (Å²) in [6.45, 7) is 7.12. The molecule has 2 fully saturated rings. The molecule has 39 heavy (non-hydrogen) atoms. The molecule has 0 spiro atoms. The first-order valence-corrected chi connectivity index (χ1v) is 13.6. The van der Waals surface area contributed by atoms with Gasteiger partial charge in [0.1, 0.15) is 23.0 Å². The van der Waals surface area contributed by atoms with Crippen molar-refractivity contribution in [2.75, 3.05) is 5.73 Å². The number of carbonyl (C=O) groups excluding carboxylic acids is 1. The van der Waals surface area contributed by atoms with Crippen LogP contribution in [0.2, 0.25) is 5.02 Å². The number of amides is 1. The minimum atomic E-state index is -1.22. The number of imidazole rings is 1. The fourth-order valence-corrected chi connectivity index (χ4v) is 4.83. The molecule has 2 saturated carbocycles. The highest BCUT2D eigenvalue weighted by molar-refractivity contribution is 6.33. The molecule has 5 N–H and O–H groups in total. The highest BCUT2D eigenvalue weighted by Gasteiger charge is 2.29. The largest absolute Gasteiger partial charge is 0.446 e. The van der Waals surface area contributed by atoms with Crippen molar-refractivity contribution in [1.82, 2.24) is 24.8 Å². The summed E-state index contributed by atoms with van der Waals surface area (Å²) in [5.74, 6) is -0.0815. The van der Waals surface area contributed by atoms with E-state index in [9.17, 15) is 19.4 Å². The summed E-state index contributed by atoms with van der Waals surface area (Å²) in [5, 5.41) is 22.8. The molecule has 0 bridgehead atoms. The van der Waals surface area contributed by atoms with Crippen molar-refractivity contribution in [2.24, 2.45) is 0 Å². The monoisotopic (exact) mass is 562 g/mol. The quantitative estimate of drug-likeness (QED) is 0.345. The van der Waals surface area contributed by atoms with Gasteiger partial charge in [0.2, 0.25) is 5.95 Å². The lowest BCUT2D eigenvalue weighted by Crippen LogP contribution is -2.34. The predicted octanol–water partition coefficient (Wildman–Crippen LogP) is 4.85. The van der Waals surface area contributed by atoms with Gasteiger partial charge in [-0.15, -0.1) is 0 Å². The Bertz CT molecular complexity index is 1340. The number of halogens is 2. The molecule has 2 atom stereocenters. The maximum Gasteiger partial charge on any atom is 0.407 e. The van der Waals surface area contributed by atoms with Gasteiger partial charge in [-0.1, -0.05) is 11.6 Å². The molecule has 1 amide bonds. The molecule has 3 aromatic rings. The van der Waals surface area contributed by atoms with Gasteiger partial charge in [0.15, 0.2) is 5.82 Å². The number of nitrogens with one attached hydrogen (secondary N) is 1. The molecule has 2 unspecified atom stereocenters. The third-order valence-electron chi connectivity index (χ3n) is 6.62. The number of benzene rings is 1. The van der Waals surface area contributed by atoms with Crippen LogP contribution in [0.25, 0.3) is 22.3 Å². The van der Waals surface area contributed by atoms with E-state index in [4.69, 9.17) is 22.1 Å². The first-order chi connectivity index (χ1) is 18.3. The summed E-state index contributed by atoms with van der Waals surface area (Å²) < 4.78 is 21.7. The van der Waals surface area contributed by atoms with Crippen LogP contribution in [0.5, 0.6) is 0 Å². The molecule has 2 aromatic heterocycles. The lowest BCUT2D eigenvalue weighted by atomic mass is 9.95. The van der Waals surface area contributed by atoms with Crippen LogP contribution in [-0.4, -0.2) is 54.1 Å². The number of fused-ring (bicyclic) bond motifs is 1. The van der Waals surface area contributed by atoms with Gasteiger partial charge in [0.05, 0.1) is 28.5 Å². The number of nitrogen functional groups attached to an aromatic ring is 1. The number of aliphatic hydroxyl groups is 2. The van der Waals surface area contributed by atoms with Crippen LogP contribution in [-0.2, 0) is 10.3 Å². The topological polar surface area (TPSA) is 148 Å². The van der Waals surface area contributed by atoms with Crippen LogP contribution in [0, 0.1) is 5.82 Å². The number of ether oxygens (including phenoxy) is 1. The van der Waals surface area contributed by atoms with Gasteiger partial charge < -0.3 is 30.6 Å². The Morgan fingerprint density at radius 3 is 2.59 bits per heavy atom. The van der Waals surface area contributed by atoms with Crippen molar-refractivity contribution in [3.63, 3.8) is 0 Å². The van der Waals surface area contributed by atoms with E-state index in [1.165, 1.54) is 12.3 Å². The molecule has 0 saturated heterocycles. The van der Waals surface area contributed by atoms with E-state index in [0.717, 1.165) is 32.1 Å². The molecule has 2 heterocycles. The number of anilines is 1. The van der Waals surface area contributed by atoms with Gasteiger partial charge in [0, 0.05) is 24.1 Å². The summed E-state index contributed by atoms with van der Waals surface area (Å²) in [4.78, 5) is 23.5. The van der Waals surface area contributed by atoms with Crippen molar-refractivity contribution in [2.45, 2.75) is 96.1 Å². The van der Waals surface area contributed by atoms with E-state index >= 15 is 0 Å². The summed E-state index contributed by atoms with van der Waals surface area (Å²) in [6.07, 6.45) is 6.10. The first-order valence-electron chi connectivity index (χ1n) is 13.2. The smallest absolute Gasteiger partial charge is 0.407 e. The second-order valence-electron chi connectivity index (χ2n) is 11.0. The number of carbonyl (C=O) groups is 1. The number of alkyl carbamates (subject to hydrolysis) is 1. The van der Waals surface area contributed by atoms with Gasteiger partial charge in [-0.05, 0) is 71.9 Å². The highest BCUT2D eigenvalue weighted by Crippen LogP contribution is 2.34. The molecule has 12 heteroatoms. The van der Waals surface area contributed by atoms with Crippen LogP contribution in [0.15, 0.2) is 18.3 Å². The molecule has 5 rings (SSSR count). The van der Waals surface area contributed by atoms with Crippen molar-refractivity contribution >= 4 is 34.7 Å². The van der Waals surface area contributed by atoms with E-state index in [1.54, 1.807) is 24.5 Å². The first kappa shape index (κ1) is 29.0. The SMILES string of the molecule is CC(C)n1c(C(C)(C)O)nc2c(F)cc(-c3nc(N)ncc3Cl)cc21.O=C(NC1CC1)OC1CCCC(O)C1. The Kier molecular flexibility index (Phi) is 8.63. The zero-order valence-corrected chi connectivity index (χ0v) is 23.4. The molecule has 10 nitrogen and oxygen atoms in total. The minimum Gasteiger partial charge on any atom is -0.446 e. The molecular formula is C27H36ClFN6O4. The number of rotatable bonds is 5. The van der Waals surface area contributed by atoms with Crippen LogP contribution in [0.4, 0.5) is 15.1 Å².